The van der Waals surface area contributed by atoms with E-state index in [0.29, 0.717) is 0 Å². The first-order chi connectivity index (χ1) is 16.2. The molecule has 3 rings (SSSR count). The van der Waals surface area contributed by atoms with Gasteiger partial charge in [-0.15, -0.1) is 0 Å². The Labute approximate surface area is 234 Å². The SMILES string of the molecule is CCNC(=O)c1noc(-c2cc(C(C)C)c(OP(=O)([O-])O)cc2OP(=O)([O-])O)c1-c1noc(C)n1.[Ca+2]. The van der Waals surface area contributed by atoms with Gasteiger partial charge in [0.15, 0.2) is 11.5 Å². The molecular weight excluding hydrogens is 550 g/mol. The number of amides is 1. The van der Waals surface area contributed by atoms with Crippen LogP contribution in [0.4, 0.5) is 0 Å². The average molecular weight is 570 g/mol. The largest absolute Gasteiger partial charge is 2.00 e. The van der Waals surface area contributed by atoms with Crippen LogP contribution in [0.3, 0.4) is 0 Å². The zero-order valence-corrected chi connectivity index (χ0v) is 23.4. The van der Waals surface area contributed by atoms with E-state index in [1.807, 2.05) is 0 Å². The number of carbonyl (C=O) groups is 1. The van der Waals surface area contributed by atoms with Crippen LogP contribution in [0.1, 0.15) is 48.6 Å². The van der Waals surface area contributed by atoms with E-state index in [2.05, 4.69) is 29.7 Å². The van der Waals surface area contributed by atoms with Gasteiger partial charge in [-0.25, -0.2) is 0 Å². The Hall–Kier alpha value is -1.80. The summed E-state index contributed by atoms with van der Waals surface area (Å²) < 4.78 is 42.5. The van der Waals surface area contributed by atoms with Crippen molar-refractivity contribution in [1.82, 2.24) is 20.6 Å². The molecule has 15 nitrogen and oxygen atoms in total. The molecule has 0 aliphatic rings. The molecule has 18 heteroatoms. The van der Waals surface area contributed by atoms with E-state index >= 15 is 0 Å². The minimum Gasteiger partial charge on any atom is -0.746 e. The van der Waals surface area contributed by atoms with Gasteiger partial charge in [-0.05, 0) is 24.5 Å². The van der Waals surface area contributed by atoms with Crippen molar-refractivity contribution in [3.05, 3.63) is 29.3 Å². The number of aryl methyl sites for hydroxylation is 1. The van der Waals surface area contributed by atoms with Gasteiger partial charge in [0.05, 0.1) is 5.56 Å². The van der Waals surface area contributed by atoms with E-state index in [4.69, 9.17) is 13.9 Å². The van der Waals surface area contributed by atoms with Crippen molar-refractivity contribution >= 4 is 59.3 Å². The molecule has 0 fully saturated rings. The summed E-state index contributed by atoms with van der Waals surface area (Å²) in [5.41, 5.74) is -0.405. The van der Waals surface area contributed by atoms with Crippen LogP contribution in [-0.4, -0.2) is 75.3 Å². The molecular formula is C18H20CaN4O11P2. The van der Waals surface area contributed by atoms with Crippen LogP contribution in [0.15, 0.2) is 21.2 Å². The van der Waals surface area contributed by atoms with E-state index in [-0.39, 0.29) is 84.1 Å². The Morgan fingerprint density at radius 2 is 1.72 bits per heavy atom. The second-order valence-electron chi connectivity index (χ2n) is 7.39. The van der Waals surface area contributed by atoms with Crippen LogP contribution in [0.25, 0.3) is 22.7 Å². The van der Waals surface area contributed by atoms with Gasteiger partial charge < -0.3 is 43.0 Å². The van der Waals surface area contributed by atoms with Crippen LogP contribution in [0, 0.1) is 6.92 Å². The van der Waals surface area contributed by atoms with Crippen molar-refractivity contribution in [2.24, 2.45) is 0 Å². The molecule has 0 saturated heterocycles. The van der Waals surface area contributed by atoms with Crippen molar-refractivity contribution in [3.8, 4) is 34.2 Å². The van der Waals surface area contributed by atoms with Crippen molar-refractivity contribution in [3.63, 3.8) is 0 Å². The van der Waals surface area contributed by atoms with E-state index < -0.39 is 39.0 Å². The Morgan fingerprint density at radius 1 is 1.11 bits per heavy atom. The number of phosphoric ester groups is 2. The summed E-state index contributed by atoms with van der Waals surface area (Å²) in [5, 5.41) is 10.1. The van der Waals surface area contributed by atoms with Gasteiger partial charge >= 0.3 is 53.4 Å². The van der Waals surface area contributed by atoms with Crippen LogP contribution < -0.4 is 24.2 Å². The van der Waals surface area contributed by atoms with E-state index in [0.717, 1.165) is 6.07 Å². The zero-order valence-electron chi connectivity index (χ0n) is 19.5. The molecule has 3 aromatic rings. The quantitative estimate of drug-likeness (QED) is 0.239. The molecule has 0 aliphatic heterocycles. The number of nitrogens with zero attached hydrogens (tertiary/aromatic N) is 3. The second-order valence-corrected chi connectivity index (χ2v) is 9.63. The van der Waals surface area contributed by atoms with Crippen LogP contribution in [-0.2, 0) is 9.13 Å². The van der Waals surface area contributed by atoms with E-state index in [9.17, 15) is 28.6 Å². The number of nitrogens with one attached hydrogen (secondary N) is 1. The number of phosphoric acid groups is 2. The summed E-state index contributed by atoms with van der Waals surface area (Å²) in [7, 11) is -10.8. The van der Waals surface area contributed by atoms with Crippen molar-refractivity contribution in [2.45, 2.75) is 33.6 Å². The first kappa shape index (κ1) is 30.4. The number of rotatable bonds is 9. The summed E-state index contributed by atoms with van der Waals surface area (Å²) in [6.07, 6.45) is 0. The molecule has 2 aromatic heterocycles. The smallest absolute Gasteiger partial charge is 0.746 e. The van der Waals surface area contributed by atoms with Crippen LogP contribution in [0.2, 0.25) is 0 Å². The maximum Gasteiger partial charge on any atom is 2.00 e. The number of hydrogen-bond donors (Lipinski definition) is 3. The third kappa shape index (κ3) is 7.37. The molecule has 0 saturated carbocycles. The van der Waals surface area contributed by atoms with Gasteiger partial charge in [-0.3, -0.25) is 13.9 Å². The normalized spacial score (nSPS) is 14.5. The van der Waals surface area contributed by atoms with E-state index in [1.165, 1.54) is 13.0 Å². The molecule has 36 heavy (non-hydrogen) atoms. The summed E-state index contributed by atoms with van der Waals surface area (Å²) >= 11 is 0. The van der Waals surface area contributed by atoms with Gasteiger partial charge in [-0.2, -0.15) is 4.98 Å². The van der Waals surface area contributed by atoms with Gasteiger partial charge in [0.25, 0.3) is 5.91 Å². The molecule has 2 unspecified atom stereocenters. The monoisotopic (exact) mass is 570 g/mol. The number of aromatic nitrogens is 3. The van der Waals surface area contributed by atoms with Crippen LogP contribution in [0.5, 0.6) is 11.5 Å². The third-order valence-corrected chi connectivity index (χ3v) is 5.26. The summed E-state index contributed by atoms with van der Waals surface area (Å²) in [6.45, 7) is 6.69. The average Bonchev–Trinajstić information content (AvgIpc) is 3.31. The summed E-state index contributed by atoms with van der Waals surface area (Å²) in [5.74, 6) is -2.53. The summed E-state index contributed by atoms with van der Waals surface area (Å²) in [6, 6.07) is 2.03. The molecule has 3 N–H and O–H groups in total. The van der Waals surface area contributed by atoms with Gasteiger partial charge in [0.2, 0.25) is 11.7 Å². The maximum atomic E-state index is 12.6. The Bertz CT molecular complexity index is 1340. The molecule has 2 heterocycles. The predicted molar refractivity (Wildman–Crippen MR) is 119 cm³/mol. The molecule has 0 bridgehead atoms. The minimum atomic E-state index is -5.46. The fraction of sp³-hybridized carbons (Fsp3) is 0.333. The fourth-order valence-electron chi connectivity index (χ4n) is 3.09. The first-order valence-electron chi connectivity index (χ1n) is 9.93. The molecule has 0 radical (unpaired) electrons. The Kier molecular flexibility index (Phi) is 9.90. The van der Waals surface area contributed by atoms with Crippen molar-refractivity contribution in [2.75, 3.05) is 6.54 Å². The standard InChI is InChI=1S/C18H22N4O11P2.Ca/c1-5-19-18(23)15-14(17-20-9(4)30-22-17)16(31-21-15)11-6-10(8(2)3)12(32-34(24,25)26)7-13(11)33-35(27,28)29;/h6-8H,5H2,1-4H3,(H,19,23)(H2,24,25,26)(H2,27,28,29);/q;+2/p-2. The second kappa shape index (κ2) is 11.7. The molecule has 190 valence electrons. The third-order valence-electron chi connectivity index (χ3n) is 4.40. The van der Waals surface area contributed by atoms with Crippen LogP contribution >= 0.6 is 15.6 Å². The molecule has 1 amide bonds. The van der Waals surface area contributed by atoms with Gasteiger partial charge in [-0.1, -0.05) is 24.2 Å². The zero-order chi connectivity index (χ0) is 26.1. The van der Waals surface area contributed by atoms with Gasteiger partial charge in [0.1, 0.15) is 17.1 Å². The predicted octanol–water partition coefficient (Wildman–Crippen LogP) is 0.871. The molecule has 1 aromatic carbocycles. The van der Waals surface area contributed by atoms with Crippen molar-refractivity contribution < 1.29 is 51.6 Å². The Morgan fingerprint density at radius 3 is 2.22 bits per heavy atom. The summed E-state index contributed by atoms with van der Waals surface area (Å²) in [4.78, 5) is 58.1. The fourth-order valence-corrected chi connectivity index (χ4v) is 3.90. The number of hydrogen-bond acceptors (Lipinski definition) is 12. The van der Waals surface area contributed by atoms with E-state index in [1.54, 1.807) is 20.8 Å². The topological polar surface area (TPSA) is 233 Å². The molecule has 2 atom stereocenters. The first-order valence-corrected chi connectivity index (χ1v) is 12.9. The maximum absolute atomic E-state index is 12.6. The van der Waals surface area contributed by atoms with Gasteiger partial charge in [0, 0.05) is 19.5 Å². The number of benzene rings is 1. The minimum absolute atomic E-state index is 0. The molecule has 0 spiro atoms. The Balaban J connectivity index is 0.00000456. The number of carbonyl (C=O) groups excluding carboxylic acids is 1. The van der Waals surface area contributed by atoms with Crippen molar-refractivity contribution in [1.29, 1.82) is 0 Å². The molecule has 0 aliphatic carbocycles.